The van der Waals surface area contributed by atoms with E-state index >= 15 is 0 Å². The number of hydrogen-bond acceptors (Lipinski definition) is 5. The average molecular weight is 362 g/mol. The third-order valence-corrected chi connectivity index (χ3v) is 3.05. The minimum Gasteiger partial charge on any atom is -0.380 e. The van der Waals surface area contributed by atoms with E-state index < -0.39 is 0 Å². The molecule has 0 aromatic carbocycles. The van der Waals surface area contributed by atoms with Crippen molar-refractivity contribution in [3.05, 3.63) is 42.4 Å². The molecule has 1 amide bonds. The second-order valence-corrected chi connectivity index (χ2v) is 4.55. The second kappa shape index (κ2) is 11.0. The summed E-state index contributed by atoms with van der Waals surface area (Å²) < 4.78 is 6.75. The maximum atomic E-state index is 11.8. The number of halogens is 2. The molecule has 0 aliphatic carbocycles. The third-order valence-electron chi connectivity index (χ3n) is 3.05. The maximum absolute atomic E-state index is 11.8. The standard InChI is InChI=1S/C14H19N5O2.2ClH/c1-21-12(9-15)8-14(20)17-10-11-3-5-16-13(7-11)19-6-2-4-18-19;;/h2-7,12H,8-10,15H2,1H3,(H,17,20);2*1H. The summed E-state index contributed by atoms with van der Waals surface area (Å²) in [6.07, 6.45) is 5.20. The van der Waals surface area contributed by atoms with Crippen LogP contribution in [0.1, 0.15) is 12.0 Å². The molecule has 0 aliphatic rings. The molecule has 1 unspecified atom stereocenters. The van der Waals surface area contributed by atoms with Crippen LogP contribution in [0.15, 0.2) is 36.8 Å². The van der Waals surface area contributed by atoms with Gasteiger partial charge in [-0.3, -0.25) is 4.79 Å². The molecule has 0 aliphatic heterocycles. The van der Waals surface area contributed by atoms with E-state index in [1.165, 1.54) is 0 Å². The lowest BCUT2D eigenvalue weighted by atomic mass is 10.2. The number of nitrogens with zero attached hydrogens (tertiary/aromatic N) is 3. The van der Waals surface area contributed by atoms with E-state index in [2.05, 4.69) is 15.4 Å². The number of amides is 1. The first-order valence-electron chi connectivity index (χ1n) is 6.67. The highest BCUT2D eigenvalue weighted by Gasteiger charge is 2.11. The lowest BCUT2D eigenvalue weighted by molar-refractivity contribution is -0.123. The highest BCUT2D eigenvalue weighted by Crippen LogP contribution is 2.06. The van der Waals surface area contributed by atoms with Gasteiger partial charge in [0.25, 0.3) is 0 Å². The Morgan fingerprint density at radius 2 is 2.22 bits per heavy atom. The number of nitrogens with one attached hydrogen (secondary N) is 1. The molecule has 0 spiro atoms. The van der Waals surface area contributed by atoms with Crippen LogP contribution in [0.2, 0.25) is 0 Å². The van der Waals surface area contributed by atoms with Crippen molar-refractivity contribution in [3.8, 4) is 5.82 Å². The van der Waals surface area contributed by atoms with Crippen LogP contribution in [-0.4, -0.2) is 40.4 Å². The summed E-state index contributed by atoms with van der Waals surface area (Å²) in [6, 6.07) is 5.56. The van der Waals surface area contributed by atoms with Crippen LogP contribution >= 0.6 is 24.8 Å². The number of hydrogen-bond donors (Lipinski definition) is 2. The average Bonchev–Trinajstić information content (AvgIpc) is 3.05. The fraction of sp³-hybridized carbons (Fsp3) is 0.357. The van der Waals surface area contributed by atoms with Crippen LogP contribution in [-0.2, 0) is 16.1 Å². The monoisotopic (exact) mass is 361 g/mol. The van der Waals surface area contributed by atoms with Crippen molar-refractivity contribution in [2.75, 3.05) is 13.7 Å². The van der Waals surface area contributed by atoms with Crippen molar-refractivity contribution in [2.24, 2.45) is 5.73 Å². The number of carbonyl (C=O) groups is 1. The van der Waals surface area contributed by atoms with Crippen molar-refractivity contribution in [3.63, 3.8) is 0 Å². The van der Waals surface area contributed by atoms with Gasteiger partial charge in [-0.15, -0.1) is 24.8 Å². The predicted molar refractivity (Wildman–Crippen MR) is 92.2 cm³/mol. The lowest BCUT2D eigenvalue weighted by Crippen LogP contribution is -2.31. The Morgan fingerprint density at radius 3 is 2.83 bits per heavy atom. The van der Waals surface area contributed by atoms with E-state index in [1.807, 2.05) is 24.4 Å². The Bertz CT molecular complexity index is 576. The summed E-state index contributed by atoms with van der Waals surface area (Å²) >= 11 is 0. The Hall–Kier alpha value is -1.67. The van der Waals surface area contributed by atoms with Gasteiger partial charge in [-0.2, -0.15) is 5.10 Å². The number of aromatic nitrogens is 3. The SMILES string of the molecule is COC(CN)CC(=O)NCc1ccnc(-n2cccn2)c1.Cl.Cl. The minimum atomic E-state index is -0.248. The quantitative estimate of drug-likeness (QED) is 0.769. The number of pyridine rings is 1. The van der Waals surface area contributed by atoms with E-state index in [9.17, 15) is 4.79 Å². The van der Waals surface area contributed by atoms with Gasteiger partial charge in [-0.25, -0.2) is 9.67 Å². The molecule has 0 fully saturated rings. The molecular formula is C14H21Cl2N5O2. The molecule has 2 rings (SSSR count). The van der Waals surface area contributed by atoms with Gasteiger partial charge >= 0.3 is 0 Å². The van der Waals surface area contributed by atoms with Crippen LogP contribution in [0.3, 0.4) is 0 Å². The van der Waals surface area contributed by atoms with E-state index in [0.29, 0.717) is 18.9 Å². The van der Waals surface area contributed by atoms with Crippen molar-refractivity contribution in [1.82, 2.24) is 20.1 Å². The Balaban J connectivity index is 0.00000242. The number of nitrogens with two attached hydrogens (primary N) is 1. The van der Waals surface area contributed by atoms with Crippen LogP contribution in [0.5, 0.6) is 0 Å². The van der Waals surface area contributed by atoms with Crippen molar-refractivity contribution >= 4 is 30.7 Å². The Labute approximate surface area is 147 Å². The smallest absolute Gasteiger partial charge is 0.222 e. The number of ether oxygens (including phenoxy) is 1. The maximum Gasteiger partial charge on any atom is 0.222 e. The molecule has 9 heteroatoms. The molecule has 0 radical (unpaired) electrons. The van der Waals surface area contributed by atoms with Gasteiger partial charge in [0.15, 0.2) is 5.82 Å². The van der Waals surface area contributed by atoms with Gasteiger partial charge in [-0.1, -0.05) is 0 Å². The Kier molecular flexibility index (Phi) is 10.2. The van der Waals surface area contributed by atoms with E-state index in [0.717, 1.165) is 5.56 Å². The highest BCUT2D eigenvalue weighted by molar-refractivity contribution is 5.85. The van der Waals surface area contributed by atoms with Crippen molar-refractivity contribution in [1.29, 1.82) is 0 Å². The highest BCUT2D eigenvalue weighted by atomic mass is 35.5. The van der Waals surface area contributed by atoms with Gasteiger partial charge < -0.3 is 15.8 Å². The first kappa shape index (κ1) is 21.3. The summed E-state index contributed by atoms with van der Waals surface area (Å²) in [4.78, 5) is 16.0. The fourth-order valence-corrected chi connectivity index (χ4v) is 1.84. The topological polar surface area (TPSA) is 95.1 Å². The summed E-state index contributed by atoms with van der Waals surface area (Å²) in [6.45, 7) is 0.749. The van der Waals surface area contributed by atoms with E-state index in [4.69, 9.17) is 10.5 Å². The largest absolute Gasteiger partial charge is 0.380 e. The summed E-state index contributed by atoms with van der Waals surface area (Å²) in [5.74, 6) is 0.619. The van der Waals surface area contributed by atoms with Crippen molar-refractivity contribution in [2.45, 2.75) is 19.1 Å². The fourth-order valence-electron chi connectivity index (χ4n) is 1.84. The van der Waals surface area contributed by atoms with Gasteiger partial charge in [-0.05, 0) is 23.8 Å². The summed E-state index contributed by atoms with van der Waals surface area (Å²) in [7, 11) is 1.55. The molecule has 2 aromatic heterocycles. The predicted octanol–water partition coefficient (Wildman–Crippen LogP) is 1.09. The normalized spacial score (nSPS) is 11.0. The molecule has 7 nitrogen and oxygen atoms in total. The lowest BCUT2D eigenvalue weighted by Gasteiger charge is -2.12. The molecule has 2 aromatic rings. The first-order chi connectivity index (χ1) is 10.2. The van der Waals surface area contributed by atoms with Crippen LogP contribution in [0, 0.1) is 0 Å². The number of rotatable bonds is 7. The number of carbonyl (C=O) groups excluding carboxylic acids is 1. The molecule has 0 saturated heterocycles. The van der Waals surface area contributed by atoms with E-state index in [-0.39, 0.29) is 43.2 Å². The molecule has 23 heavy (non-hydrogen) atoms. The summed E-state index contributed by atoms with van der Waals surface area (Å²) in [5, 5.41) is 6.96. The van der Waals surface area contributed by atoms with Gasteiger partial charge in [0.2, 0.25) is 5.91 Å². The van der Waals surface area contributed by atoms with Crippen molar-refractivity contribution < 1.29 is 9.53 Å². The number of methoxy groups -OCH3 is 1. The first-order valence-corrected chi connectivity index (χ1v) is 6.67. The molecule has 3 N–H and O–H groups in total. The van der Waals surface area contributed by atoms with E-state index in [1.54, 1.807) is 24.2 Å². The van der Waals surface area contributed by atoms with Crippen LogP contribution < -0.4 is 11.1 Å². The minimum absolute atomic E-state index is 0. The molecule has 2 heterocycles. The molecular weight excluding hydrogens is 341 g/mol. The zero-order chi connectivity index (χ0) is 15.1. The molecule has 128 valence electrons. The van der Waals surface area contributed by atoms with Crippen LogP contribution in [0.25, 0.3) is 5.82 Å². The molecule has 1 atom stereocenters. The summed E-state index contributed by atoms with van der Waals surface area (Å²) in [5.41, 5.74) is 6.44. The second-order valence-electron chi connectivity index (χ2n) is 4.55. The van der Waals surface area contributed by atoms with Gasteiger partial charge in [0, 0.05) is 38.8 Å². The Morgan fingerprint density at radius 1 is 1.43 bits per heavy atom. The zero-order valence-electron chi connectivity index (χ0n) is 12.7. The molecule has 0 bridgehead atoms. The van der Waals surface area contributed by atoms with Gasteiger partial charge in [0.05, 0.1) is 12.5 Å². The van der Waals surface area contributed by atoms with Gasteiger partial charge in [0.1, 0.15) is 0 Å². The molecule has 0 saturated carbocycles. The third kappa shape index (κ3) is 6.54. The zero-order valence-corrected chi connectivity index (χ0v) is 14.3. The van der Waals surface area contributed by atoms with Crippen LogP contribution in [0.4, 0.5) is 0 Å².